The first-order valence-corrected chi connectivity index (χ1v) is 6.48. The van der Waals surface area contributed by atoms with E-state index >= 15 is 0 Å². The van der Waals surface area contributed by atoms with Gasteiger partial charge >= 0.3 is 0 Å². The van der Waals surface area contributed by atoms with Crippen LogP contribution in [0.3, 0.4) is 0 Å². The number of hydrogen-bond acceptors (Lipinski definition) is 2. The van der Waals surface area contributed by atoms with Crippen LogP contribution in [-0.2, 0) is 6.54 Å². The van der Waals surface area contributed by atoms with Gasteiger partial charge < -0.3 is 15.0 Å². The van der Waals surface area contributed by atoms with E-state index in [0.717, 1.165) is 27.7 Å². The molecule has 0 fully saturated rings. The average Bonchev–Trinajstić information content (AvgIpc) is 2.63. The Morgan fingerprint density at radius 3 is 2.82 bits per heavy atom. The number of aromatic nitrogens is 1. The van der Waals surface area contributed by atoms with E-state index in [1.807, 2.05) is 18.2 Å². The summed E-state index contributed by atoms with van der Waals surface area (Å²) >= 11 is 3.64. The Bertz CT molecular complexity index is 519. The quantitative estimate of drug-likeness (QED) is 0.907. The van der Waals surface area contributed by atoms with Gasteiger partial charge in [0.2, 0.25) is 0 Å². The van der Waals surface area contributed by atoms with Crippen LogP contribution in [0.5, 0.6) is 5.75 Å². The van der Waals surface area contributed by atoms with Crippen LogP contribution in [0.2, 0.25) is 0 Å². The monoisotopic (exact) mass is 296 g/mol. The van der Waals surface area contributed by atoms with E-state index in [2.05, 4.69) is 40.1 Å². The van der Waals surface area contributed by atoms with Gasteiger partial charge in [0.1, 0.15) is 5.75 Å². The molecule has 0 unspecified atom stereocenters. The topological polar surface area (TPSA) is 37.0 Å². The molecule has 92 valence electrons. The van der Waals surface area contributed by atoms with Gasteiger partial charge in [-0.3, -0.25) is 0 Å². The van der Waals surface area contributed by atoms with Crippen molar-refractivity contribution in [3.63, 3.8) is 0 Å². The fourth-order valence-electron chi connectivity index (χ4n) is 1.75. The summed E-state index contributed by atoms with van der Waals surface area (Å²) in [4.78, 5) is 3.41. The summed E-state index contributed by atoms with van der Waals surface area (Å²) in [6, 6.07) is 6.51. The lowest BCUT2D eigenvalue weighted by Gasteiger charge is -2.06. The Kier molecular flexibility index (Phi) is 3.74. The zero-order valence-electron chi connectivity index (χ0n) is 10.3. The molecule has 2 aromatic rings. The third-order valence-electron chi connectivity index (χ3n) is 2.70. The molecule has 0 aliphatic carbocycles. The van der Waals surface area contributed by atoms with E-state index < -0.39 is 0 Å². The second-order valence-electron chi connectivity index (χ2n) is 4.36. The maximum Gasteiger partial charge on any atom is 0.119 e. The number of rotatable bonds is 4. The normalized spacial score (nSPS) is 11.4. The maximum atomic E-state index is 5.23. The van der Waals surface area contributed by atoms with Crippen molar-refractivity contribution in [1.29, 1.82) is 0 Å². The van der Waals surface area contributed by atoms with Crippen LogP contribution in [0.1, 0.15) is 19.5 Å². The summed E-state index contributed by atoms with van der Waals surface area (Å²) in [5.74, 6) is 0.876. The van der Waals surface area contributed by atoms with Gasteiger partial charge in [0.25, 0.3) is 0 Å². The number of H-pyrrole nitrogens is 1. The number of methoxy groups -OCH3 is 1. The molecule has 0 atom stereocenters. The molecule has 2 N–H and O–H groups in total. The molecule has 0 saturated heterocycles. The molecular weight excluding hydrogens is 280 g/mol. The van der Waals surface area contributed by atoms with Crippen LogP contribution in [0.15, 0.2) is 22.7 Å². The van der Waals surface area contributed by atoms with Crippen LogP contribution >= 0.6 is 15.9 Å². The minimum atomic E-state index is 0.475. The number of aromatic amines is 1. The molecule has 1 aromatic carbocycles. The molecule has 4 heteroatoms. The second kappa shape index (κ2) is 5.10. The lowest BCUT2D eigenvalue weighted by atomic mass is 10.2. The molecule has 0 aliphatic heterocycles. The van der Waals surface area contributed by atoms with Crippen LogP contribution in [-0.4, -0.2) is 18.1 Å². The first-order valence-electron chi connectivity index (χ1n) is 5.69. The number of halogens is 1. The zero-order chi connectivity index (χ0) is 12.4. The highest BCUT2D eigenvalue weighted by Gasteiger charge is 2.09. The van der Waals surface area contributed by atoms with Crippen molar-refractivity contribution < 1.29 is 4.74 Å². The minimum Gasteiger partial charge on any atom is -0.497 e. The minimum absolute atomic E-state index is 0.475. The van der Waals surface area contributed by atoms with E-state index in [1.54, 1.807) is 7.11 Å². The molecular formula is C13H17BrN2O. The second-order valence-corrected chi connectivity index (χ2v) is 5.16. The highest BCUT2D eigenvalue weighted by atomic mass is 79.9. The maximum absolute atomic E-state index is 5.23. The number of fused-ring (bicyclic) bond motifs is 1. The summed E-state index contributed by atoms with van der Waals surface area (Å²) in [5, 5.41) is 4.56. The largest absolute Gasteiger partial charge is 0.497 e. The molecule has 2 rings (SSSR count). The Hall–Kier alpha value is -1.00. The van der Waals surface area contributed by atoms with Crippen molar-refractivity contribution in [3.05, 3.63) is 28.4 Å². The summed E-state index contributed by atoms with van der Waals surface area (Å²) in [6.07, 6.45) is 0. The van der Waals surface area contributed by atoms with Crippen molar-refractivity contribution in [2.45, 2.75) is 26.4 Å². The van der Waals surface area contributed by atoms with Crippen LogP contribution in [0.4, 0.5) is 0 Å². The Balaban J connectivity index is 2.35. The van der Waals surface area contributed by atoms with Gasteiger partial charge in [-0.25, -0.2) is 0 Å². The lowest BCUT2D eigenvalue weighted by molar-refractivity contribution is 0.415. The van der Waals surface area contributed by atoms with E-state index in [9.17, 15) is 0 Å². The third-order valence-corrected chi connectivity index (χ3v) is 3.61. The molecule has 0 saturated carbocycles. The number of hydrogen-bond donors (Lipinski definition) is 2. The molecule has 0 radical (unpaired) electrons. The van der Waals surface area contributed by atoms with Gasteiger partial charge in [-0.05, 0) is 34.1 Å². The molecule has 17 heavy (non-hydrogen) atoms. The first kappa shape index (κ1) is 12.5. The molecule has 3 nitrogen and oxygen atoms in total. The fraction of sp³-hybridized carbons (Fsp3) is 0.385. The van der Waals surface area contributed by atoms with Gasteiger partial charge in [0.05, 0.1) is 7.11 Å². The third kappa shape index (κ3) is 2.64. The van der Waals surface area contributed by atoms with Gasteiger partial charge in [0, 0.05) is 33.7 Å². The van der Waals surface area contributed by atoms with Crippen LogP contribution < -0.4 is 10.1 Å². The molecule has 0 amide bonds. The molecule has 1 heterocycles. The highest BCUT2D eigenvalue weighted by Crippen LogP contribution is 2.30. The zero-order valence-corrected chi connectivity index (χ0v) is 11.9. The fourth-order valence-corrected chi connectivity index (χ4v) is 2.32. The Morgan fingerprint density at radius 1 is 1.41 bits per heavy atom. The summed E-state index contributed by atoms with van der Waals surface area (Å²) in [7, 11) is 1.68. The predicted molar refractivity (Wildman–Crippen MR) is 74.5 cm³/mol. The smallest absolute Gasteiger partial charge is 0.119 e. The lowest BCUT2D eigenvalue weighted by Crippen LogP contribution is -2.22. The van der Waals surface area contributed by atoms with Gasteiger partial charge in [-0.1, -0.05) is 13.8 Å². The standard InChI is InChI=1S/C13H17BrN2O/c1-8(2)15-7-12-13(14)10-6-9(17-3)4-5-11(10)16-12/h4-6,8,15-16H,7H2,1-3H3. The van der Waals surface area contributed by atoms with Crippen molar-refractivity contribution in [1.82, 2.24) is 10.3 Å². The van der Waals surface area contributed by atoms with Crippen LogP contribution in [0.25, 0.3) is 10.9 Å². The molecule has 1 aromatic heterocycles. The average molecular weight is 297 g/mol. The van der Waals surface area contributed by atoms with E-state index in [0.29, 0.717) is 6.04 Å². The predicted octanol–water partition coefficient (Wildman–Crippen LogP) is 3.44. The van der Waals surface area contributed by atoms with Crippen molar-refractivity contribution >= 4 is 26.8 Å². The number of benzene rings is 1. The first-order chi connectivity index (χ1) is 8.11. The SMILES string of the molecule is COc1ccc2[nH]c(CNC(C)C)c(Br)c2c1. The summed E-state index contributed by atoms with van der Waals surface area (Å²) in [5.41, 5.74) is 2.29. The summed E-state index contributed by atoms with van der Waals surface area (Å²) < 4.78 is 6.35. The van der Waals surface area contributed by atoms with Gasteiger partial charge in [-0.15, -0.1) is 0 Å². The molecule has 0 spiro atoms. The van der Waals surface area contributed by atoms with Crippen molar-refractivity contribution in [2.75, 3.05) is 7.11 Å². The number of nitrogens with one attached hydrogen (secondary N) is 2. The van der Waals surface area contributed by atoms with Crippen molar-refractivity contribution in [3.8, 4) is 5.75 Å². The van der Waals surface area contributed by atoms with E-state index in [1.165, 1.54) is 5.69 Å². The van der Waals surface area contributed by atoms with Crippen LogP contribution in [0, 0.1) is 0 Å². The molecule has 0 aliphatic rings. The van der Waals surface area contributed by atoms with E-state index in [-0.39, 0.29) is 0 Å². The Morgan fingerprint density at radius 2 is 2.18 bits per heavy atom. The van der Waals surface area contributed by atoms with E-state index in [4.69, 9.17) is 4.74 Å². The Labute approximate surface area is 110 Å². The molecule has 0 bridgehead atoms. The van der Waals surface area contributed by atoms with Crippen molar-refractivity contribution in [2.24, 2.45) is 0 Å². The van der Waals surface area contributed by atoms with Gasteiger partial charge in [0.15, 0.2) is 0 Å². The highest BCUT2D eigenvalue weighted by molar-refractivity contribution is 9.10. The van der Waals surface area contributed by atoms with Gasteiger partial charge in [-0.2, -0.15) is 0 Å². The number of ether oxygens (including phenoxy) is 1. The summed E-state index contributed by atoms with van der Waals surface area (Å²) in [6.45, 7) is 5.11.